The van der Waals surface area contributed by atoms with Crippen molar-refractivity contribution in [2.45, 2.75) is 64.8 Å². The van der Waals surface area contributed by atoms with Crippen LogP contribution in [0.15, 0.2) is 42.1 Å². The lowest BCUT2D eigenvalue weighted by Gasteiger charge is -2.58. The first-order valence-corrected chi connectivity index (χ1v) is 11.6. The number of epoxide rings is 1. The summed E-state index contributed by atoms with van der Waals surface area (Å²) in [5.74, 6) is -0.320. The molecule has 2 heterocycles. The van der Waals surface area contributed by atoms with Crippen LogP contribution in [0.4, 0.5) is 0 Å². The molecule has 1 aromatic carbocycles. The van der Waals surface area contributed by atoms with E-state index in [1.165, 1.54) is 0 Å². The molecule has 2 aromatic rings. The van der Waals surface area contributed by atoms with Crippen LogP contribution in [0.5, 0.6) is 0 Å². The molecule has 5 rings (SSSR count). The number of carbonyl (C=O) groups is 1. The zero-order valence-electron chi connectivity index (χ0n) is 19.2. The number of para-hydroxylation sites is 2. The highest BCUT2D eigenvalue weighted by molar-refractivity contribution is 5.93. The predicted molar refractivity (Wildman–Crippen MR) is 121 cm³/mol. The fourth-order valence-corrected chi connectivity index (χ4v) is 6.47. The summed E-state index contributed by atoms with van der Waals surface area (Å²) < 4.78 is 5.85. The molecule has 0 amide bonds. The fraction of sp³-hybridized carbons (Fsp3) is 0.577. The molecule has 1 aromatic heterocycles. The Balaban J connectivity index is 1.50. The van der Waals surface area contributed by atoms with Crippen molar-refractivity contribution in [3.8, 4) is 0 Å². The molecule has 6 nitrogen and oxygen atoms in total. The molecular formula is C26H32N2O4. The summed E-state index contributed by atoms with van der Waals surface area (Å²) in [5, 5.41) is 22.5. The van der Waals surface area contributed by atoms with Gasteiger partial charge in [-0.3, -0.25) is 9.78 Å². The Morgan fingerprint density at radius 1 is 1.25 bits per heavy atom. The second-order valence-electron chi connectivity index (χ2n) is 10.5. The van der Waals surface area contributed by atoms with Crippen LogP contribution < -0.4 is 0 Å². The van der Waals surface area contributed by atoms with Crippen LogP contribution in [0.2, 0.25) is 0 Å². The predicted octanol–water partition coefficient (Wildman–Crippen LogP) is 3.55. The number of ketones is 1. The summed E-state index contributed by atoms with van der Waals surface area (Å²) in [5.41, 5.74) is 1.20. The minimum absolute atomic E-state index is 0.0408. The van der Waals surface area contributed by atoms with E-state index in [1.807, 2.05) is 45.0 Å². The third-order valence-electron chi connectivity index (χ3n) is 9.02. The average molecular weight is 437 g/mol. The standard InChI is InChI=1S/C26H32N2O4/c1-15-8-7-11-19-24(3,16(2)22(30)23(31)25(15,19)4)12-21(29)26(14-32-26)20-13-27-17-9-5-6-10-18(17)28-20/h5-6,8-10,13,16,19,21-22,29-30H,7,11-12,14H2,1-4H3/t16-,19+,21-,22-,24-,25-,26-/m1/s1. The second kappa shape index (κ2) is 7.17. The second-order valence-corrected chi connectivity index (χ2v) is 10.5. The molecule has 1 saturated carbocycles. The SMILES string of the molecule is CC1=CCC[C@@H]2[C@]1(C)C(=O)[C@H](O)[C@@H](C)[C@@]2(C)C[C@@H](O)[C@]1(c2cnc3ccccc3n2)CO1. The molecule has 2 aliphatic carbocycles. The highest BCUT2D eigenvalue weighted by Crippen LogP contribution is 2.61. The van der Waals surface area contributed by atoms with Gasteiger partial charge < -0.3 is 14.9 Å². The van der Waals surface area contributed by atoms with Gasteiger partial charge in [-0.1, -0.05) is 37.6 Å². The molecule has 0 unspecified atom stereocenters. The van der Waals surface area contributed by atoms with Crippen molar-refractivity contribution < 1.29 is 19.7 Å². The number of fused-ring (bicyclic) bond motifs is 2. The molecule has 0 spiro atoms. The van der Waals surface area contributed by atoms with Crippen molar-refractivity contribution >= 4 is 16.8 Å². The number of benzene rings is 1. The normalized spacial score (nSPS) is 40.0. The van der Waals surface area contributed by atoms with Crippen molar-refractivity contribution in [1.29, 1.82) is 0 Å². The van der Waals surface area contributed by atoms with E-state index < -0.39 is 28.6 Å². The molecule has 1 aliphatic heterocycles. The van der Waals surface area contributed by atoms with Gasteiger partial charge >= 0.3 is 0 Å². The minimum atomic E-state index is -1.05. The highest BCUT2D eigenvalue weighted by atomic mass is 16.6. The number of hydrogen-bond acceptors (Lipinski definition) is 6. The maximum atomic E-state index is 13.2. The van der Waals surface area contributed by atoms with Gasteiger partial charge in [0.1, 0.15) is 6.10 Å². The lowest BCUT2D eigenvalue weighted by molar-refractivity contribution is -0.168. The largest absolute Gasteiger partial charge is 0.390 e. The third-order valence-corrected chi connectivity index (χ3v) is 9.02. The van der Waals surface area contributed by atoms with Gasteiger partial charge in [0.2, 0.25) is 0 Å². The van der Waals surface area contributed by atoms with Crippen LogP contribution in [-0.4, -0.2) is 44.8 Å². The molecule has 1 saturated heterocycles. The van der Waals surface area contributed by atoms with E-state index in [0.29, 0.717) is 18.7 Å². The Morgan fingerprint density at radius 2 is 1.94 bits per heavy atom. The van der Waals surface area contributed by atoms with E-state index in [2.05, 4.69) is 18.0 Å². The monoisotopic (exact) mass is 436 g/mol. The topological polar surface area (TPSA) is 95.8 Å². The Hall–Kier alpha value is -2.15. The van der Waals surface area contributed by atoms with E-state index in [-0.39, 0.29) is 17.6 Å². The first-order valence-electron chi connectivity index (χ1n) is 11.6. The van der Waals surface area contributed by atoms with E-state index in [0.717, 1.165) is 29.4 Å². The van der Waals surface area contributed by atoms with Crippen LogP contribution in [0.25, 0.3) is 11.0 Å². The fourth-order valence-electron chi connectivity index (χ4n) is 6.47. The first kappa shape index (κ1) is 21.7. The molecule has 2 N–H and O–H groups in total. The third kappa shape index (κ3) is 2.86. The van der Waals surface area contributed by atoms with E-state index >= 15 is 0 Å². The first-order chi connectivity index (χ1) is 15.1. The Labute approximate surface area is 188 Å². The molecular weight excluding hydrogens is 404 g/mol. The zero-order valence-corrected chi connectivity index (χ0v) is 19.2. The van der Waals surface area contributed by atoms with Crippen molar-refractivity contribution in [3.05, 3.63) is 47.8 Å². The summed E-state index contributed by atoms with van der Waals surface area (Å²) in [7, 11) is 0. The van der Waals surface area contributed by atoms with Crippen molar-refractivity contribution in [2.75, 3.05) is 6.61 Å². The van der Waals surface area contributed by atoms with Gasteiger partial charge in [0.25, 0.3) is 0 Å². The Kier molecular flexibility index (Phi) is 4.86. The maximum absolute atomic E-state index is 13.2. The number of ether oxygens (including phenoxy) is 1. The molecule has 0 radical (unpaired) electrons. The quantitative estimate of drug-likeness (QED) is 0.562. The zero-order chi connectivity index (χ0) is 22.9. The molecule has 3 aliphatic rings. The van der Waals surface area contributed by atoms with Crippen molar-refractivity contribution in [3.63, 3.8) is 0 Å². The molecule has 2 fully saturated rings. The smallest absolute Gasteiger partial charge is 0.171 e. The van der Waals surface area contributed by atoms with Gasteiger partial charge in [-0.25, -0.2) is 4.98 Å². The number of aliphatic hydroxyl groups is 2. The lowest BCUT2D eigenvalue weighted by Crippen LogP contribution is -2.62. The van der Waals surface area contributed by atoms with Crippen LogP contribution in [-0.2, 0) is 15.1 Å². The highest BCUT2D eigenvalue weighted by Gasteiger charge is 2.64. The Bertz CT molecular complexity index is 1110. The van der Waals surface area contributed by atoms with Gasteiger partial charge in [-0.15, -0.1) is 0 Å². The number of carbonyl (C=O) groups excluding carboxylic acids is 1. The molecule has 170 valence electrons. The van der Waals surface area contributed by atoms with Crippen molar-refractivity contribution in [1.82, 2.24) is 9.97 Å². The van der Waals surface area contributed by atoms with Gasteiger partial charge in [-0.05, 0) is 62.5 Å². The van der Waals surface area contributed by atoms with E-state index in [4.69, 9.17) is 9.72 Å². The lowest BCUT2D eigenvalue weighted by atomic mass is 9.45. The van der Waals surface area contributed by atoms with Crippen molar-refractivity contribution in [2.24, 2.45) is 22.7 Å². The minimum Gasteiger partial charge on any atom is -0.390 e. The Morgan fingerprint density at radius 3 is 2.62 bits per heavy atom. The summed E-state index contributed by atoms with van der Waals surface area (Å²) in [6.07, 6.45) is 4.15. The number of Topliss-reactive ketones (excluding diaryl/α,β-unsaturated/α-hetero) is 1. The number of nitrogens with zero attached hydrogens (tertiary/aromatic N) is 2. The molecule has 32 heavy (non-hydrogen) atoms. The van der Waals surface area contributed by atoms with E-state index in [9.17, 15) is 15.0 Å². The number of aliphatic hydroxyl groups excluding tert-OH is 2. The van der Waals surface area contributed by atoms with Gasteiger partial charge in [-0.2, -0.15) is 0 Å². The van der Waals surface area contributed by atoms with Crippen LogP contribution in [0.1, 0.15) is 52.7 Å². The summed E-state index contributed by atoms with van der Waals surface area (Å²) in [6, 6.07) is 7.65. The van der Waals surface area contributed by atoms with Gasteiger partial charge in [0, 0.05) is 0 Å². The summed E-state index contributed by atoms with van der Waals surface area (Å²) in [4.78, 5) is 22.5. The van der Waals surface area contributed by atoms with Gasteiger partial charge in [0.15, 0.2) is 11.4 Å². The summed E-state index contributed by atoms with van der Waals surface area (Å²) in [6.45, 7) is 8.43. The number of aromatic nitrogens is 2. The van der Waals surface area contributed by atoms with Crippen LogP contribution in [0.3, 0.4) is 0 Å². The number of rotatable bonds is 4. The summed E-state index contributed by atoms with van der Waals surface area (Å²) >= 11 is 0. The number of hydrogen-bond donors (Lipinski definition) is 2. The average Bonchev–Trinajstić information content (AvgIpc) is 3.60. The van der Waals surface area contributed by atoms with Gasteiger partial charge in [0.05, 0.1) is 41.1 Å². The maximum Gasteiger partial charge on any atom is 0.171 e. The molecule has 7 atom stereocenters. The van der Waals surface area contributed by atoms with Crippen LogP contribution in [0, 0.1) is 22.7 Å². The molecule has 6 heteroatoms. The van der Waals surface area contributed by atoms with E-state index in [1.54, 1.807) is 6.20 Å². The molecule has 0 bridgehead atoms. The number of allylic oxidation sites excluding steroid dienone is 2. The van der Waals surface area contributed by atoms with Crippen LogP contribution >= 0.6 is 0 Å².